The average Bonchev–Trinajstić information content (AvgIpc) is 3.39. The molecule has 0 saturated heterocycles. The van der Waals surface area contributed by atoms with E-state index in [1.807, 2.05) is 30.3 Å². The molecule has 0 bridgehead atoms. The Balaban J connectivity index is 1.43. The fourth-order valence-corrected chi connectivity index (χ4v) is 5.41. The topological polar surface area (TPSA) is 108 Å². The highest BCUT2D eigenvalue weighted by Gasteiger charge is 2.25. The smallest absolute Gasteiger partial charge is 0.363 e. The van der Waals surface area contributed by atoms with Crippen molar-refractivity contribution in [3.05, 3.63) is 108 Å². The van der Waals surface area contributed by atoms with E-state index in [2.05, 4.69) is 20.9 Å². The molecule has 0 spiro atoms. The molecule has 0 unspecified atom stereocenters. The van der Waals surface area contributed by atoms with Gasteiger partial charge in [-0.2, -0.15) is 0 Å². The van der Waals surface area contributed by atoms with Gasteiger partial charge in [-0.1, -0.05) is 57.9 Å². The molecule has 0 amide bonds. The number of rotatable bonds is 6. The van der Waals surface area contributed by atoms with Crippen LogP contribution in [0.15, 0.2) is 81.9 Å². The minimum Gasteiger partial charge on any atom is -0.422 e. The average molecular weight is 598 g/mol. The summed E-state index contributed by atoms with van der Waals surface area (Å²) in [6, 6.07) is 18.6. The van der Waals surface area contributed by atoms with Crippen molar-refractivity contribution in [3.8, 4) is 5.75 Å². The minimum absolute atomic E-state index is 0.0635. The Morgan fingerprint density at radius 2 is 1.95 bits per heavy atom. The van der Waals surface area contributed by atoms with E-state index in [1.165, 1.54) is 24.3 Å². The summed E-state index contributed by atoms with van der Waals surface area (Å²) in [6.07, 6.45) is 1.83. The zero-order valence-electron chi connectivity index (χ0n) is 18.6. The Labute approximate surface area is 227 Å². The van der Waals surface area contributed by atoms with Gasteiger partial charge in [0.25, 0.3) is 5.69 Å². The zero-order chi connectivity index (χ0) is 26.1. The molecule has 0 radical (unpaired) electrons. The lowest BCUT2D eigenvalue weighted by Gasteiger charge is -2.08. The lowest BCUT2D eigenvalue weighted by molar-refractivity contribution is -0.384. The number of halogens is 2. The Morgan fingerprint density at radius 3 is 2.70 bits per heavy atom. The third kappa shape index (κ3) is 5.31. The Bertz CT molecular complexity index is 1650. The molecular formula is C26H14BrClN2O6S. The van der Waals surface area contributed by atoms with Crippen molar-refractivity contribution in [2.75, 3.05) is 0 Å². The van der Waals surface area contributed by atoms with Crippen molar-refractivity contribution in [1.82, 2.24) is 0 Å². The van der Waals surface area contributed by atoms with Crippen LogP contribution in [-0.2, 0) is 16.0 Å². The lowest BCUT2D eigenvalue weighted by Crippen LogP contribution is -2.08. The van der Waals surface area contributed by atoms with Gasteiger partial charge in [0.05, 0.1) is 9.95 Å². The number of fused-ring (bicyclic) bond motifs is 1. The number of ether oxygens (including phenoxy) is 2. The van der Waals surface area contributed by atoms with Gasteiger partial charge in [-0.15, -0.1) is 11.3 Å². The molecule has 8 nitrogen and oxygen atoms in total. The summed E-state index contributed by atoms with van der Waals surface area (Å²) in [6.45, 7) is 0. The second kappa shape index (κ2) is 10.3. The van der Waals surface area contributed by atoms with Crippen LogP contribution in [0.4, 0.5) is 5.69 Å². The SMILES string of the molecule is O=C1OC(Cc2ccccc2)=N/C1=C/c1cc(Br)ccc1OC(=O)c1sc2cc([N+](=O)[O-])ccc2c1Cl. The van der Waals surface area contributed by atoms with Crippen LogP contribution in [0.5, 0.6) is 5.75 Å². The second-order valence-electron chi connectivity index (χ2n) is 7.84. The van der Waals surface area contributed by atoms with E-state index in [0.29, 0.717) is 26.5 Å². The highest BCUT2D eigenvalue weighted by Crippen LogP contribution is 2.38. The number of non-ortho nitro benzene ring substituents is 1. The van der Waals surface area contributed by atoms with Gasteiger partial charge < -0.3 is 9.47 Å². The Hall–Kier alpha value is -3.86. The number of carbonyl (C=O) groups excluding carboxylic acids is 2. The van der Waals surface area contributed by atoms with Gasteiger partial charge in [0, 0.05) is 38.7 Å². The molecule has 5 rings (SSSR count). The molecule has 4 aromatic rings. The van der Waals surface area contributed by atoms with Gasteiger partial charge in [0.1, 0.15) is 10.6 Å². The number of hydrogen-bond acceptors (Lipinski definition) is 8. The summed E-state index contributed by atoms with van der Waals surface area (Å²) in [5, 5.41) is 11.7. The third-order valence-electron chi connectivity index (χ3n) is 5.34. The molecule has 3 aromatic carbocycles. The molecule has 1 aliphatic heterocycles. The quantitative estimate of drug-likeness (QED) is 0.0780. The monoisotopic (exact) mass is 596 g/mol. The van der Waals surface area contributed by atoms with Gasteiger partial charge in [0.2, 0.25) is 5.90 Å². The molecule has 2 heterocycles. The van der Waals surface area contributed by atoms with E-state index in [-0.39, 0.29) is 32.9 Å². The molecule has 0 aliphatic carbocycles. The van der Waals surface area contributed by atoms with Crippen molar-refractivity contribution in [2.24, 2.45) is 4.99 Å². The fourth-order valence-electron chi connectivity index (χ4n) is 3.62. The van der Waals surface area contributed by atoms with E-state index < -0.39 is 16.9 Å². The van der Waals surface area contributed by atoms with Crippen molar-refractivity contribution < 1.29 is 24.0 Å². The summed E-state index contributed by atoms with van der Waals surface area (Å²) in [7, 11) is 0. The number of hydrogen-bond donors (Lipinski definition) is 0. The maximum Gasteiger partial charge on any atom is 0.363 e. The van der Waals surface area contributed by atoms with Crippen LogP contribution in [0.25, 0.3) is 16.2 Å². The number of aliphatic imine (C=N–C) groups is 1. The van der Waals surface area contributed by atoms with Crippen LogP contribution in [0, 0.1) is 10.1 Å². The first-order chi connectivity index (χ1) is 17.8. The zero-order valence-corrected chi connectivity index (χ0v) is 21.8. The van der Waals surface area contributed by atoms with Crippen LogP contribution < -0.4 is 4.74 Å². The first kappa shape index (κ1) is 24.8. The summed E-state index contributed by atoms with van der Waals surface area (Å²) in [4.78, 5) is 40.5. The van der Waals surface area contributed by atoms with Gasteiger partial charge in [-0.25, -0.2) is 14.6 Å². The predicted octanol–water partition coefficient (Wildman–Crippen LogP) is 6.98. The van der Waals surface area contributed by atoms with Gasteiger partial charge >= 0.3 is 11.9 Å². The van der Waals surface area contributed by atoms with E-state index in [1.54, 1.807) is 18.2 Å². The number of nitrogens with zero attached hydrogens (tertiary/aromatic N) is 2. The van der Waals surface area contributed by atoms with Crippen LogP contribution in [0.2, 0.25) is 5.02 Å². The standard InChI is InChI=1S/C26H14BrClN2O6S/c27-16-6-9-20(35-26(32)24-23(28)18-8-7-17(30(33)34)13-21(18)37-24)15(11-16)12-19-25(31)36-22(29-19)10-14-4-2-1-3-5-14/h1-9,11-13H,10H2/b19-12+. The second-order valence-corrected chi connectivity index (χ2v) is 10.2. The third-order valence-corrected chi connectivity index (χ3v) is 7.47. The maximum absolute atomic E-state index is 13.0. The molecule has 0 saturated carbocycles. The highest BCUT2D eigenvalue weighted by molar-refractivity contribution is 9.10. The van der Waals surface area contributed by atoms with Crippen molar-refractivity contribution in [2.45, 2.75) is 6.42 Å². The molecular weight excluding hydrogens is 584 g/mol. The molecule has 0 atom stereocenters. The predicted molar refractivity (Wildman–Crippen MR) is 144 cm³/mol. The van der Waals surface area contributed by atoms with Crippen LogP contribution in [-0.4, -0.2) is 22.8 Å². The van der Waals surface area contributed by atoms with Crippen LogP contribution >= 0.6 is 38.9 Å². The number of nitro groups is 1. The molecule has 0 fully saturated rings. The molecule has 1 aromatic heterocycles. The van der Waals surface area contributed by atoms with Crippen molar-refractivity contribution in [1.29, 1.82) is 0 Å². The first-order valence-electron chi connectivity index (χ1n) is 10.7. The Morgan fingerprint density at radius 1 is 1.16 bits per heavy atom. The number of carbonyl (C=O) groups is 2. The summed E-state index contributed by atoms with van der Waals surface area (Å²) in [5.74, 6) is -0.919. The largest absolute Gasteiger partial charge is 0.422 e. The lowest BCUT2D eigenvalue weighted by atomic mass is 10.1. The van der Waals surface area contributed by atoms with Crippen LogP contribution in [0.1, 0.15) is 20.8 Å². The normalized spacial score (nSPS) is 14.1. The van der Waals surface area contributed by atoms with Crippen molar-refractivity contribution in [3.63, 3.8) is 0 Å². The molecule has 1 aliphatic rings. The van der Waals surface area contributed by atoms with Crippen LogP contribution in [0.3, 0.4) is 0 Å². The van der Waals surface area contributed by atoms with E-state index in [4.69, 9.17) is 21.1 Å². The molecule has 37 heavy (non-hydrogen) atoms. The van der Waals surface area contributed by atoms with E-state index >= 15 is 0 Å². The number of cyclic esters (lactones) is 1. The first-order valence-corrected chi connectivity index (χ1v) is 12.7. The van der Waals surface area contributed by atoms with Gasteiger partial charge in [-0.3, -0.25) is 10.1 Å². The molecule has 0 N–H and O–H groups in total. The number of thiophene rings is 1. The minimum atomic E-state index is -0.738. The number of nitro benzene ring substituents is 1. The fraction of sp³-hybridized carbons (Fsp3) is 0.0385. The Kier molecular flexibility index (Phi) is 6.88. The van der Waals surface area contributed by atoms with Gasteiger partial charge in [0.15, 0.2) is 5.70 Å². The molecule has 184 valence electrons. The molecule has 11 heteroatoms. The summed E-state index contributed by atoms with van der Waals surface area (Å²) >= 11 is 10.8. The van der Waals surface area contributed by atoms with Crippen molar-refractivity contribution >= 4 is 78.6 Å². The number of esters is 2. The highest BCUT2D eigenvalue weighted by atomic mass is 79.9. The summed E-state index contributed by atoms with van der Waals surface area (Å²) in [5.41, 5.74) is 1.31. The van der Waals surface area contributed by atoms with E-state index in [0.717, 1.165) is 16.9 Å². The van der Waals surface area contributed by atoms with E-state index in [9.17, 15) is 19.7 Å². The maximum atomic E-state index is 13.0. The number of benzene rings is 3. The van der Waals surface area contributed by atoms with Gasteiger partial charge in [-0.05, 0) is 35.9 Å². The summed E-state index contributed by atoms with van der Waals surface area (Å²) < 4.78 is 12.1.